The summed E-state index contributed by atoms with van der Waals surface area (Å²) >= 11 is 0. The molecule has 0 aliphatic carbocycles. The van der Waals surface area contributed by atoms with Crippen LogP contribution in [-0.2, 0) is 4.79 Å². The lowest BCUT2D eigenvalue weighted by molar-refractivity contribution is -0.137. The maximum atomic E-state index is 12.5. The van der Waals surface area contributed by atoms with Crippen molar-refractivity contribution in [1.29, 1.82) is 0 Å². The van der Waals surface area contributed by atoms with Crippen molar-refractivity contribution in [3.63, 3.8) is 0 Å². The number of aliphatic carboxylic acids is 1. The number of urea groups is 1. The van der Waals surface area contributed by atoms with Gasteiger partial charge in [-0.05, 0) is 37.5 Å². The predicted octanol–water partition coefficient (Wildman–Crippen LogP) is 2.42. The number of amides is 2. The van der Waals surface area contributed by atoms with Crippen molar-refractivity contribution in [2.45, 2.75) is 45.4 Å². The molecule has 20 heavy (non-hydrogen) atoms. The average Bonchev–Trinajstić information content (AvgIpc) is 2.93. The monoisotopic (exact) mass is 282 g/mol. The van der Waals surface area contributed by atoms with Crippen LogP contribution < -0.4 is 0 Å². The molecular formula is C15H26N2O3. The average molecular weight is 282 g/mol. The molecule has 0 aromatic rings. The molecule has 5 nitrogen and oxygen atoms in total. The van der Waals surface area contributed by atoms with Gasteiger partial charge in [0.05, 0.1) is 0 Å². The third-order valence-corrected chi connectivity index (χ3v) is 4.69. The van der Waals surface area contributed by atoms with E-state index in [2.05, 4.69) is 6.92 Å². The summed E-state index contributed by atoms with van der Waals surface area (Å²) in [6, 6.07) is 0.168. The number of carboxylic acids is 1. The van der Waals surface area contributed by atoms with Gasteiger partial charge < -0.3 is 14.9 Å². The number of likely N-dealkylation sites (tertiary alicyclic amines) is 2. The fraction of sp³-hybridized carbons (Fsp3) is 0.867. The van der Waals surface area contributed by atoms with Gasteiger partial charge in [-0.3, -0.25) is 4.79 Å². The minimum absolute atomic E-state index is 0.168. The summed E-state index contributed by atoms with van der Waals surface area (Å²) in [7, 11) is 0. The predicted molar refractivity (Wildman–Crippen MR) is 76.5 cm³/mol. The van der Waals surface area contributed by atoms with Crippen molar-refractivity contribution in [2.75, 3.05) is 26.2 Å². The van der Waals surface area contributed by atoms with E-state index in [0.717, 1.165) is 51.9 Å². The number of nitrogens with zero attached hydrogens (tertiary/aromatic N) is 2. The maximum Gasteiger partial charge on any atom is 0.320 e. The number of rotatable bonds is 4. The topological polar surface area (TPSA) is 60.9 Å². The smallest absolute Gasteiger partial charge is 0.320 e. The van der Waals surface area contributed by atoms with E-state index in [1.165, 1.54) is 0 Å². The van der Waals surface area contributed by atoms with Gasteiger partial charge >= 0.3 is 12.0 Å². The molecule has 2 unspecified atom stereocenters. The summed E-state index contributed by atoms with van der Waals surface area (Å²) in [5, 5.41) is 8.76. The lowest BCUT2D eigenvalue weighted by atomic mass is 9.93. The summed E-state index contributed by atoms with van der Waals surface area (Å²) in [5.74, 6) is 0.277. The number of hydrogen-bond acceptors (Lipinski definition) is 2. The van der Waals surface area contributed by atoms with E-state index in [-0.39, 0.29) is 12.5 Å². The van der Waals surface area contributed by atoms with Gasteiger partial charge in [0, 0.05) is 32.6 Å². The minimum atomic E-state index is -0.737. The Morgan fingerprint density at radius 3 is 2.45 bits per heavy atom. The molecule has 1 N–H and O–H groups in total. The van der Waals surface area contributed by atoms with Crippen LogP contribution in [0.3, 0.4) is 0 Å². The SMILES string of the molecule is CCC1CCN(C(=O)N2CCCC(CCC(=O)O)C2)C1. The van der Waals surface area contributed by atoms with Gasteiger partial charge in [-0.1, -0.05) is 13.3 Å². The van der Waals surface area contributed by atoms with Gasteiger partial charge in [-0.15, -0.1) is 0 Å². The molecular weight excluding hydrogens is 256 g/mol. The molecule has 5 heteroatoms. The highest BCUT2D eigenvalue weighted by Gasteiger charge is 2.31. The van der Waals surface area contributed by atoms with Gasteiger partial charge in [-0.25, -0.2) is 4.79 Å². The molecule has 114 valence electrons. The first kappa shape index (κ1) is 15.1. The Morgan fingerprint density at radius 1 is 1.10 bits per heavy atom. The number of carboxylic acid groups (broad SMARTS) is 1. The van der Waals surface area contributed by atoms with Gasteiger partial charge in [0.25, 0.3) is 0 Å². The van der Waals surface area contributed by atoms with Crippen LogP contribution >= 0.6 is 0 Å². The first-order chi connectivity index (χ1) is 9.60. The second-order valence-corrected chi connectivity index (χ2v) is 6.18. The highest BCUT2D eigenvalue weighted by molar-refractivity contribution is 5.75. The Bertz CT molecular complexity index is 359. The zero-order valence-electron chi connectivity index (χ0n) is 12.4. The van der Waals surface area contributed by atoms with Crippen molar-refractivity contribution in [3.05, 3.63) is 0 Å². The molecule has 2 amide bonds. The van der Waals surface area contributed by atoms with Crippen LogP contribution in [-0.4, -0.2) is 53.1 Å². The van der Waals surface area contributed by atoms with E-state index >= 15 is 0 Å². The quantitative estimate of drug-likeness (QED) is 0.861. The molecule has 2 atom stereocenters. The normalized spacial score (nSPS) is 26.9. The Labute approximate surface area is 120 Å². The van der Waals surface area contributed by atoms with Crippen LogP contribution in [0.1, 0.15) is 45.4 Å². The second-order valence-electron chi connectivity index (χ2n) is 6.18. The Kier molecular flexibility index (Phi) is 5.26. The van der Waals surface area contributed by atoms with Gasteiger partial charge in [0.2, 0.25) is 0 Å². The number of hydrogen-bond donors (Lipinski definition) is 1. The van der Waals surface area contributed by atoms with Crippen LogP contribution in [0, 0.1) is 11.8 Å². The molecule has 0 radical (unpaired) electrons. The van der Waals surface area contributed by atoms with E-state index in [0.29, 0.717) is 18.3 Å². The summed E-state index contributed by atoms with van der Waals surface area (Å²) in [4.78, 5) is 27.0. The van der Waals surface area contributed by atoms with Gasteiger partial charge in [-0.2, -0.15) is 0 Å². The van der Waals surface area contributed by atoms with E-state index in [4.69, 9.17) is 5.11 Å². The molecule has 0 bridgehead atoms. The van der Waals surface area contributed by atoms with Crippen molar-refractivity contribution in [3.8, 4) is 0 Å². The summed E-state index contributed by atoms with van der Waals surface area (Å²) in [6.45, 7) is 5.52. The lowest BCUT2D eigenvalue weighted by Gasteiger charge is -2.35. The van der Waals surface area contributed by atoms with Crippen molar-refractivity contribution in [1.82, 2.24) is 9.80 Å². The van der Waals surface area contributed by atoms with Crippen molar-refractivity contribution < 1.29 is 14.7 Å². The van der Waals surface area contributed by atoms with Gasteiger partial charge in [0.1, 0.15) is 0 Å². The molecule has 2 saturated heterocycles. The zero-order valence-corrected chi connectivity index (χ0v) is 12.4. The van der Waals surface area contributed by atoms with Crippen molar-refractivity contribution >= 4 is 12.0 Å². The van der Waals surface area contributed by atoms with E-state index < -0.39 is 5.97 Å². The standard InChI is InChI=1S/C15H26N2O3/c1-2-12-7-9-17(10-12)15(20)16-8-3-4-13(11-16)5-6-14(18)19/h12-13H,2-11H2,1H3,(H,18,19). The fourth-order valence-corrected chi connectivity index (χ4v) is 3.34. The first-order valence-corrected chi connectivity index (χ1v) is 7.85. The number of piperidine rings is 1. The minimum Gasteiger partial charge on any atom is -0.481 e. The summed E-state index contributed by atoms with van der Waals surface area (Å²) in [5.41, 5.74) is 0. The largest absolute Gasteiger partial charge is 0.481 e. The number of carbonyl (C=O) groups is 2. The highest BCUT2D eigenvalue weighted by atomic mass is 16.4. The van der Waals surface area contributed by atoms with E-state index in [1.54, 1.807) is 0 Å². The molecule has 2 fully saturated rings. The molecule has 2 aliphatic heterocycles. The fourth-order valence-electron chi connectivity index (χ4n) is 3.34. The van der Waals surface area contributed by atoms with Gasteiger partial charge in [0.15, 0.2) is 0 Å². The van der Waals surface area contributed by atoms with Crippen LogP contribution in [0.4, 0.5) is 4.79 Å². The molecule has 2 rings (SSSR count). The van der Waals surface area contributed by atoms with Crippen LogP contribution in [0.25, 0.3) is 0 Å². The lowest BCUT2D eigenvalue weighted by Crippen LogP contribution is -2.46. The molecule has 0 aromatic heterocycles. The van der Waals surface area contributed by atoms with E-state index in [9.17, 15) is 9.59 Å². The van der Waals surface area contributed by atoms with Crippen LogP contribution in [0.2, 0.25) is 0 Å². The third-order valence-electron chi connectivity index (χ3n) is 4.69. The Hall–Kier alpha value is -1.26. The third kappa shape index (κ3) is 3.87. The van der Waals surface area contributed by atoms with Crippen LogP contribution in [0.5, 0.6) is 0 Å². The summed E-state index contributed by atoms with van der Waals surface area (Å²) < 4.78 is 0. The van der Waals surface area contributed by atoms with Crippen molar-refractivity contribution in [2.24, 2.45) is 11.8 Å². The summed E-state index contributed by atoms with van der Waals surface area (Å²) in [6.07, 6.45) is 5.23. The zero-order chi connectivity index (χ0) is 14.5. The first-order valence-electron chi connectivity index (χ1n) is 7.85. The molecule has 0 spiro atoms. The highest BCUT2D eigenvalue weighted by Crippen LogP contribution is 2.25. The Morgan fingerprint density at radius 2 is 1.80 bits per heavy atom. The second kappa shape index (κ2) is 6.95. The maximum absolute atomic E-state index is 12.5. The molecule has 0 saturated carbocycles. The molecule has 0 aromatic carbocycles. The molecule has 2 aliphatic rings. The van der Waals surface area contributed by atoms with E-state index in [1.807, 2.05) is 9.80 Å². The number of carbonyl (C=O) groups excluding carboxylic acids is 1. The molecule has 2 heterocycles. The van der Waals surface area contributed by atoms with Crippen LogP contribution in [0.15, 0.2) is 0 Å². The Balaban J connectivity index is 1.82.